The van der Waals surface area contributed by atoms with Crippen LogP contribution in [0.4, 0.5) is 0 Å². The van der Waals surface area contributed by atoms with Gasteiger partial charge in [-0.05, 0) is 38.1 Å². The van der Waals surface area contributed by atoms with Gasteiger partial charge in [0.2, 0.25) is 0 Å². The number of unbranched alkanes of at least 4 members (excludes halogenated alkanes) is 2. The molecule has 1 N–H and O–H groups in total. The zero-order valence-electron chi connectivity index (χ0n) is 12.2. The Morgan fingerprint density at radius 1 is 1.26 bits per heavy atom. The molecule has 106 valence electrons. The van der Waals surface area contributed by atoms with Gasteiger partial charge in [0.15, 0.2) is 0 Å². The van der Waals surface area contributed by atoms with Crippen molar-refractivity contribution < 1.29 is 9.90 Å². The molecule has 1 atom stereocenters. The summed E-state index contributed by atoms with van der Waals surface area (Å²) in [6, 6.07) is 7.71. The normalized spacial score (nSPS) is 12.6. The second kappa shape index (κ2) is 7.95. The fourth-order valence-corrected chi connectivity index (χ4v) is 2.11. The maximum atomic E-state index is 10.8. The van der Waals surface area contributed by atoms with E-state index in [0.717, 1.165) is 12.1 Å². The lowest BCUT2D eigenvalue weighted by atomic mass is 10.1. The molecule has 0 spiro atoms. The van der Waals surface area contributed by atoms with Crippen LogP contribution in [0.1, 0.15) is 55.5 Å². The molecule has 0 amide bonds. The van der Waals surface area contributed by atoms with Gasteiger partial charge in [-0.15, -0.1) is 0 Å². The van der Waals surface area contributed by atoms with Crippen molar-refractivity contribution in [3.63, 3.8) is 0 Å². The lowest BCUT2D eigenvalue weighted by Gasteiger charge is -2.24. The Bertz CT molecular complexity index is 386. The second-order valence-electron chi connectivity index (χ2n) is 5.26. The Morgan fingerprint density at radius 2 is 1.89 bits per heavy atom. The monoisotopic (exact) mass is 263 g/mol. The summed E-state index contributed by atoms with van der Waals surface area (Å²) in [7, 11) is 2.13. The maximum Gasteiger partial charge on any atom is 0.335 e. The van der Waals surface area contributed by atoms with E-state index in [1.165, 1.54) is 25.7 Å². The summed E-state index contributed by atoms with van der Waals surface area (Å²) in [5, 5.41) is 8.86. The Morgan fingerprint density at radius 3 is 2.42 bits per heavy atom. The van der Waals surface area contributed by atoms with Crippen LogP contribution in [0.2, 0.25) is 0 Å². The van der Waals surface area contributed by atoms with Gasteiger partial charge in [0.25, 0.3) is 0 Å². The third-order valence-electron chi connectivity index (χ3n) is 3.61. The van der Waals surface area contributed by atoms with Gasteiger partial charge >= 0.3 is 5.97 Å². The average molecular weight is 263 g/mol. The van der Waals surface area contributed by atoms with E-state index in [4.69, 9.17) is 5.11 Å². The first-order valence-corrected chi connectivity index (χ1v) is 7.07. The zero-order valence-corrected chi connectivity index (χ0v) is 12.2. The number of rotatable bonds is 8. The third-order valence-corrected chi connectivity index (χ3v) is 3.61. The van der Waals surface area contributed by atoms with Gasteiger partial charge in [-0.1, -0.05) is 38.3 Å². The molecule has 0 heterocycles. The number of carboxylic acids is 1. The van der Waals surface area contributed by atoms with Crippen LogP contribution in [-0.4, -0.2) is 29.1 Å². The Balaban J connectivity index is 2.46. The maximum absolute atomic E-state index is 10.8. The largest absolute Gasteiger partial charge is 0.478 e. The molecule has 0 aliphatic heterocycles. The van der Waals surface area contributed by atoms with Crippen LogP contribution in [0.3, 0.4) is 0 Å². The summed E-state index contributed by atoms with van der Waals surface area (Å²) >= 11 is 0. The standard InChI is InChI=1S/C16H25NO2/c1-4-5-6-7-13(2)17(3)12-14-8-10-15(11-9-14)16(18)19/h8-11,13H,4-7,12H2,1-3H3,(H,18,19). The molecule has 0 saturated carbocycles. The molecular formula is C16H25NO2. The van der Waals surface area contributed by atoms with E-state index in [1.807, 2.05) is 12.1 Å². The van der Waals surface area contributed by atoms with Crippen molar-refractivity contribution in [1.82, 2.24) is 4.90 Å². The number of carboxylic acid groups (broad SMARTS) is 1. The van der Waals surface area contributed by atoms with Crippen molar-refractivity contribution in [3.05, 3.63) is 35.4 Å². The van der Waals surface area contributed by atoms with E-state index in [0.29, 0.717) is 11.6 Å². The molecule has 0 aliphatic carbocycles. The molecule has 3 nitrogen and oxygen atoms in total. The molecule has 0 aliphatic rings. The minimum atomic E-state index is -0.868. The minimum absolute atomic E-state index is 0.349. The van der Waals surface area contributed by atoms with Gasteiger partial charge in [0, 0.05) is 12.6 Å². The van der Waals surface area contributed by atoms with Crippen molar-refractivity contribution >= 4 is 5.97 Å². The number of aromatic carboxylic acids is 1. The summed E-state index contributed by atoms with van der Waals surface area (Å²) in [5.41, 5.74) is 1.51. The molecule has 0 aromatic heterocycles. The van der Waals surface area contributed by atoms with Crippen molar-refractivity contribution in [2.75, 3.05) is 7.05 Å². The van der Waals surface area contributed by atoms with Crippen LogP contribution in [0.5, 0.6) is 0 Å². The van der Waals surface area contributed by atoms with Crippen molar-refractivity contribution in [3.8, 4) is 0 Å². The number of hydrogen-bond donors (Lipinski definition) is 1. The Hall–Kier alpha value is -1.35. The van der Waals surface area contributed by atoms with Gasteiger partial charge < -0.3 is 5.11 Å². The highest BCUT2D eigenvalue weighted by molar-refractivity contribution is 5.87. The summed E-state index contributed by atoms with van der Waals surface area (Å²) < 4.78 is 0. The average Bonchev–Trinajstić information content (AvgIpc) is 2.39. The zero-order chi connectivity index (χ0) is 14.3. The van der Waals surface area contributed by atoms with E-state index < -0.39 is 5.97 Å². The molecular weight excluding hydrogens is 238 g/mol. The minimum Gasteiger partial charge on any atom is -0.478 e. The Labute approximate surface area is 116 Å². The van der Waals surface area contributed by atoms with Gasteiger partial charge in [-0.25, -0.2) is 4.79 Å². The highest BCUT2D eigenvalue weighted by Gasteiger charge is 2.09. The van der Waals surface area contributed by atoms with E-state index in [9.17, 15) is 4.79 Å². The molecule has 0 bridgehead atoms. The van der Waals surface area contributed by atoms with Gasteiger partial charge in [-0.3, -0.25) is 4.90 Å². The predicted molar refractivity (Wildman–Crippen MR) is 78.5 cm³/mol. The van der Waals surface area contributed by atoms with Gasteiger partial charge in [-0.2, -0.15) is 0 Å². The molecule has 0 saturated heterocycles. The van der Waals surface area contributed by atoms with Crippen LogP contribution in [0, 0.1) is 0 Å². The van der Waals surface area contributed by atoms with Crippen LogP contribution < -0.4 is 0 Å². The number of carbonyl (C=O) groups is 1. The van der Waals surface area contributed by atoms with Crippen molar-refractivity contribution in [2.45, 2.75) is 52.1 Å². The third kappa shape index (κ3) is 5.43. The van der Waals surface area contributed by atoms with Crippen molar-refractivity contribution in [2.24, 2.45) is 0 Å². The molecule has 1 aromatic carbocycles. The summed E-state index contributed by atoms with van der Waals surface area (Å²) in [5.74, 6) is -0.868. The smallest absolute Gasteiger partial charge is 0.335 e. The number of hydrogen-bond acceptors (Lipinski definition) is 2. The number of nitrogens with zero attached hydrogens (tertiary/aromatic N) is 1. The molecule has 1 unspecified atom stereocenters. The molecule has 0 fully saturated rings. The van der Waals surface area contributed by atoms with Gasteiger partial charge in [0.1, 0.15) is 0 Å². The SMILES string of the molecule is CCCCCC(C)N(C)Cc1ccc(C(=O)O)cc1. The lowest BCUT2D eigenvalue weighted by Crippen LogP contribution is -2.28. The first-order chi connectivity index (χ1) is 9.04. The predicted octanol–water partition coefficient (Wildman–Crippen LogP) is 3.79. The van der Waals surface area contributed by atoms with E-state index in [1.54, 1.807) is 12.1 Å². The lowest BCUT2D eigenvalue weighted by molar-refractivity contribution is 0.0697. The van der Waals surface area contributed by atoms with Crippen LogP contribution in [0.25, 0.3) is 0 Å². The molecule has 1 aromatic rings. The first-order valence-electron chi connectivity index (χ1n) is 7.07. The van der Waals surface area contributed by atoms with Crippen LogP contribution in [0.15, 0.2) is 24.3 Å². The summed E-state index contributed by atoms with van der Waals surface area (Å²) in [6.07, 6.45) is 5.05. The molecule has 1 rings (SSSR count). The molecule has 19 heavy (non-hydrogen) atoms. The topological polar surface area (TPSA) is 40.5 Å². The van der Waals surface area contributed by atoms with E-state index >= 15 is 0 Å². The molecule has 3 heteroatoms. The number of benzene rings is 1. The quantitative estimate of drug-likeness (QED) is 0.725. The van der Waals surface area contributed by atoms with E-state index in [-0.39, 0.29) is 0 Å². The van der Waals surface area contributed by atoms with E-state index in [2.05, 4.69) is 25.8 Å². The summed E-state index contributed by atoms with van der Waals surface area (Å²) in [4.78, 5) is 13.1. The highest BCUT2D eigenvalue weighted by Crippen LogP contribution is 2.12. The fraction of sp³-hybridized carbons (Fsp3) is 0.562. The van der Waals surface area contributed by atoms with Crippen molar-refractivity contribution in [1.29, 1.82) is 0 Å². The second-order valence-corrected chi connectivity index (χ2v) is 5.26. The van der Waals surface area contributed by atoms with Gasteiger partial charge in [0.05, 0.1) is 5.56 Å². The Kier molecular flexibility index (Phi) is 6.57. The first kappa shape index (κ1) is 15.7. The van der Waals surface area contributed by atoms with Crippen LogP contribution in [-0.2, 0) is 6.54 Å². The fourth-order valence-electron chi connectivity index (χ4n) is 2.11. The summed E-state index contributed by atoms with van der Waals surface area (Å²) in [6.45, 7) is 5.34. The highest BCUT2D eigenvalue weighted by atomic mass is 16.4. The van der Waals surface area contributed by atoms with Crippen LogP contribution >= 0.6 is 0 Å². The molecule has 0 radical (unpaired) electrons.